The van der Waals surface area contributed by atoms with Gasteiger partial charge in [0.2, 0.25) is 0 Å². The fraction of sp³-hybridized carbons (Fsp3) is 0.833. The monoisotopic (exact) mass is 273 g/mol. The summed E-state index contributed by atoms with van der Waals surface area (Å²) in [7, 11) is 0. The first-order chi connectivity index (χ1) is 8.72. The number of nitrogens with zero attached hydrogens (tertiary/aromatic N) is 2. The summed E-state index contributed by atoms with van der Waals surface area (Å²) in [4.78, 5) is 0. The van der Waals surface area contributed by atoms with Crippen molar-refractivity contribution in [3.8, 4) is 5.19 Å². The molecule has 0 spiro atoms. The van der Waals surface area contributed by atoms with Crippen LogP contribution in [0.25, 0.3) is 0 Å². The fourth-order valence-electron chi connectivity index (χ4n) is 1.20. The van der Waals surface area contributed by atoms with Gasteiger partial charge in [-0.3, -0.25) is 0 Å². The molecule has 0 aliphatic rings. The van der Waals surface area contributed by atoms with E-state index < -0.39 is 0 Å². The standard InChI is InChI=1S/C12H23N3O2S/c1-4-5-6-16-7-8-17-12-15-14-11(18-12)9-13-10(2)3/h10,13H,4-9H2,1-3H3. The largest absolute Gasteiger partial charge is 0.466 e. The van der Waals surface area contributed by atoms with Gasteiger partial charge < -0.3 is 14.8 Å². The van der Waals surface area contributed by atoms with Crippen molar-refractivity contribution in [3.63, 3.8) is 0 Å². The molecule has 0 aliphatic heterocycles. The van der Waals surface area contributed by atoms with Crippen molar-refractivity contribution in [2.24, 2.45) is 0 Å². The van der Waals surface area contributed by atoms with Gasteiger partial charge in [-0.2, -0.15) is 0 Å². The number of rotatable bonds is 10. The zero-order valence-corrected chi connectivity index (χ0v) is 12.3. The van der Waals surface area contributed by atoms with E-state index in [1.165, 1.54) is 11.3 Å². The molecule has 104 valence electrons. The van der Waals surface area contributed by atoms with Crippen molar-refractivity contribution in [1.29, 1.82) is 0 Å². The molecule has 1 rings (SSSR count). The molecule has 0 amide bonds. The number of hydrogen-bond acceptors (Lipinski definition) is 6. The highest BCUT2D eigenvalue weighted by Gasteiger charge is 2.05. The first kappa shape index (κ1) is 15.3. The number of ether oxygens (including phenoxy) is 2. The molecule has 0 unspecified atom stereocenters. The normalized spacial score (nSPS) is 11.1. The molecular weight excluding hydrogens is 250 g/mol. The molecule has 0 bridgehead atoms. The van der Waals surface area contributed by atoms with E-state index >= 15 is 0 Å². The van der Waals surface area contributed by atoms with E-state index in [1.807, 2.05) is 0 Å². The Morgan fingerprint density at radius 2 is 2.06 bits per heavy atom. The Morgan fingerprint density at radius 3 is 2.78 bits per heavy atom. The van der Waals surface area contributed by atoms with Gasteiger partial charge in [0.15, 0.2) is 0 Å². The van der Waals surface area contributed by atoms with Crippen molar-refractivity contribution < 1.29 is 9.47 Å². The van der Waals surface area contributed by atoms with Gasteiger partial charge in [0, 0.05) is 12.6 Å². The van der Waals surface area contributed by atoms with Crippen molar-refractivity contribution in [1.82, 2.24) is 15.5 Å². The smallest absolute Gasteiger partial charge is 0.294 e. The van der Waals surface area contributed by atoms with Crippen LogP contribution in [-0.4, -0.2) is 36.1 Å². The van der Waals surface area contributed by atoms with Gasteiger partial charge in [-0.05, 0) is 6.42 Å². The zero-order valence-electron chi connectivity index (χ0n) is 11.4. The summed E-state index contributed by atoms with van der Waals surface area (Å²) in [6.07, 6.45) is 2.26. The van der Waals surface area contributed by atoms with E-state index in [0.717, 1.165) is 31.0 Å². The third-order valence-corrected chi connectivity index (χ3v) is 3.04. The highest BCUT2D eigenvalue weighted by Crippen LogP contribution is 2.17. The van der Waals surface area contributed by atoms with Crippen molar-refractivity contribution in [2.45, 2.75) is 46.2 Å². The zero-order chi connectivity index (χ0) is 13.2. The molecule has 0 atom stereocenters. The van der Waals surface area contributed by atoms with Gasteiger partial charge >= 0.3 is 0 Å². The molecule has 0 saturated carbocycles. The molecule has 5 nitrogen and oxygen atoms in total. The first-order valence-electron chi connectivity index (χ1n) is 6.48. The quantitative estimate of drug-likeness (QED) is 0.663. The minimum Gasteiger partial charge on any atom is -0.466 e. The van der Waals surface area contributed by atoms with Crippen LogP contribution < -0.4 is 10.1 Å². The van der Waals surface area contributed by atoms with Crippen LogP contribution in [0.5, 0.6) is 5.19 Å². The lowest BCUT2D eigenvalue weighted by Crippen LogP contribution is -2.21. The van der Waals surface area contributed by atoms with Crippen molar-refractivity contribution in [3.05, 3.63) is 5.01 Å². The SMILES string of the molecule is CCCCOCCOc1nnc(CNC(C)C)s1. The highest BCUT2D eigenvalue weighted by molar-refractivity contribution is 7.13. The molecule has 0 radical (unpaired) electrons. The maximum absolute atomic E-state index is 5.47. The van der Waals surface area contributed by atoms with E-state index in [1.54, 1.807) is 0 Å². The first-order valence-corrected chi connectivity index (χ1v) is 7.30. The molecule has 1 N–H and O–H groups in total. The van der Waals surface area contributed by atoms with Gasteiger partial charge in [0.1, 0.15) is 11.6 Å². The fourth-order valence-corrected chi connectivity index (χ4v) is 1.86. The molecule has 0 saturated heterocycles. The van der Waals surface area contributed by atoms with Crippen LogP contribution in [0.2, 0.25) is 0 Å². The number of aromatic nitrogens is 2. The molecule has 1 heterocycles. The van der Waals surface area contributed by atoms with Crippen molar-refractivity contribution >= 4 is 11.3 Å². The average Bonchev–Trinajstić information content (AvgIpc) is 2.79. The van der Waals surface area contributed by atoms with Crippen LogP contribution in [0.3, 0.4) is 0 Å². The molecule has 6 heteroatoms. The lowest BCUT2D eigenvalue weighted by molar-refractivity contribution is 0.0977. The maximum atomic E-state index is 5.47. The summed E-state index contributed by atoms with van der Waals surface area (Å²) < 4.78 is 10.9. The van der Waals surface area contributed by atoms with E-state index in [-0.39, 0.29) is 0 Å². The van der Waals surface area contributed by atoms with E-state index in [9.17, 15) is 0 Å². The lowest BCUT2D eigenvalue weighted by atomic mass is 10.4. The molecule has 1 aromatic heterocycles. The molecular formula is C12H23N3O2S. The third kappa shape index (κ3) is 6.88. The predicted octanol–water partition coefficient (Wildman–Crippen LogP) is 2.23. The van der Waals surface area contributed by atoms with Crippen LogP contribution >= 0.6 is 11.3 Å². The third-order valence-electron chi connectivity index (χ3n) is 2.21. The van der Waals surface area contributed by atoms with Crippen LogP contribution in [-0.2, 0) is 11.3 Å². The minimum absolute atomic E-state index is 0.449. The van der Waals surface area contributed by atoms with Crippen LogP contribution in [0.4, 0.5) is 0 Å². The summed E-state index contributed by atoms with van der Waals surface area (Å²) in [5, 5.41) is 12.9. The average molecular weight is 273 g/mol. The number of hydrogen-bond donors (Lipinski definition) is 1. The Morgan fingerprint density at radius 1 is 1.22 bits per heavy atom. The molecule has 0 fully saturated rings. The molecule has 18 heavy (non-hydrogen) atoms. The van der Waals surface area contributed by atoms with E-state index in [4.69, 9.17) is 9.47 Å². The second-order valence-electron chi connectivity index (χ2n) is 4.31. The second kappa shape index (κ2) is 9.24. The molecule has 0 aliphatic carbocycles. The van der Waals surface area contributed by atoms with Gasteiger partial charge in [0.25, 0.3) is 5.19 Å². The summed E-state index contributed by atoms with van der Waals surface area (Å²) in [5.41, 5.74) is 0. The summed E-state index contributed by atoms with van der Waals surface area (Å²) in [6, 6.07) is 0.449. The van der Waals surface area contributed by atoms with Crippen LogP contribution in [0, 0.1) is 0 Å². The van der Waals surface area contributed by atoms with E-state index in [0.29, 0.717) is 24.4 Å². The molecule has 1 aromatic rings. The van der Waals surface area contributed by atoms with Crippen LogP contribution in [0.1, 0.15) is 38.6 Å². The summed E-state index contributed by atoms with van der Waals surface area (Å²) >= 11 is 1.48. The van der Waals surface area contributed by atoms with E-state index in [2.05, 4.69) is 36.3 Å². The summed E-state index contributed by atoms with van der Waals surface area (Å²) in [6.45, 7) is 9.05. The number of nitrogens with one attached hydrogen (secondary N) is 1. The lowest BCUT2D eigenvalue weighted by Gasteiger charge is -2.04. The van der Waals surface area contributed by atoms with Crippen LogP contribution in [0.15, 0.2) is 0 Å². The summed E-state index contributed by atoms with van der Waals surface area (Å²) in [5.74, 6) is 0. The van der Waals surface area contributed by atoms with Gasteiger partial charge in [-0.15, -0.1) is 10.2 Å². The molecule has 0 aromatic carbocycles. The Bertz CT molecular complexity index is 318. The second-order valence-corrected chi connectivity index (χ2v) is 5.34. The predicted molar refractivity (Wildman–Crippen MR) is 73.1 cm³/mol. The van der Waals surface area contributed by atoms with Crippen molar-refractivity contribution in [2.75, 3.05) is 19.8 Å². The Kier molecular flexibility index (Phi) is 7.88. The topological polar surface area (TPSA) is 56.3 Å². The van der Waals surface area contributed by atoms with Gasteiger partial charge in [-0.1, -0.05) is 38.5 Å². The Labute approximate surface area is 113 Å². The maximum Gasteiger partial charge on any atom is 0.294 e. The van der Waals surface area contributed by atoms with Gasteiger partial charge in [-0.25, -0.2) is 0 Å². The number of unbranched alkanes of at least 4 members (excludes halogenated alkanes) is 1. The Hall–Kier alpha value is -0.720. The van der Waals surface area contributed by atoms with Gasteiger partial charge in [0.05, 0.1) is 13.2 Å². The minimum atomic E-state index is 0.449. The Balaban J connectivity index is 2.11. The highest BCUT2D eigenvalue weighted by atomic mass is 32.1.